The smallest absolute Gasteiger partial charge is 0.253 e. The second kappa shape index (κ2) is 9.59. The molecule has 0 saturated carbocycles. The van der Waals surface area contributed by atoms with Gasteiger partial charge in [0.15, 0.2) is 9.84 Å². The Hall–Kier alpha value is -2.43. The molecule has 0 radical (unpaired) electrons. The predicted molar refractivity (Wildman–Crippen MR) is 114 cm³/mol. The van der Waals surface area contributed by atoms with Crippen molar-refractivity contribution < 1.29 is 26.4 Å². The lowest BCUT2D eigenvalue weighted by Gasteiger charge is -2.19. The first-order valence-electron chi connectivity index (χ1n) is 9.18. The number of hydrogen-bond donors (Lipinski definition) is 1. The first kappa shape index (κ1) is 23.8. The van der Waals surface area contributed by atoms with Crippen LogP contribution in [0.4, 0.5) is 0 Å². The highest BCUT2D eigenvalue weighted by atomic mass is 32.2. The van der Waals surface area contributed by atoms with Crippen LogP contribution in [0.3, 0.4) is 0 Å². The molecule has 1 amide bonds. The Bertz CT molecular complexity index is 1130. The molecule has 2 rings (SSSR count). The molecule has 0 spiro atoms. The molecule has 0 bridgehead atoms. The molecule has 0 heterocycles. The Balaban J connectivity index is 1.98. The Labute approximate surface area is 177 Å². The highest BCUT2D eigenvalue weighted by molar-refractivity contribution is 7.90. The summed E-state index contributed by atoms with van der Waals surface area (Å²) >= 11 is 0. The molecule has 0 fully saturated rings. The van der Waals surface area contributed by atoms with Gasteiger partial charge >= 0.3 is 0 Å². The van der Waals surface area contributed by atoms with Crippen LogP contribution in [-0.4, -0.2) is 61.1 Å². The number of carbonyl (C=O) groups is 1. The molecule has 10 heteroatoms. The fraction of sp³-hybridized carbons (Fsp3) is 0.350. The number of nitrogens with zero attached hydrogens (tertiary/aromatic N) is 1. The average molecular weight is 455 g/mol. The summed E-state index contributed by atoms with van der Waals surface area (Å²) in [4.78, 5) is 14.5. The van der Waals surface area contributed by atoms with Crippen molar-refractivity contribution in [3.8, 4) is 5.75 Å². The van der Waals surface area contributed by atoms with E-state index in [0.29, 0.717) is 29.8 Å². The number of benzene rings is 2. The monoisotopic (exact) mass is 454 g/mol. The van der Waals surface area contributed by atoms with Gasteiger partial charge in [0.05, 0.1) is 16.4 Å². The van der Waals surface area contributed by atoms with Crippen molar-refractivity contribution in [2.75, 3.05) is 33.5 Å². The van der Waals surface area contributed by atoms with Crippen molar-refractivity contribution in [1.29, 1.82) is 0 Å². The van der Waals surface area contributed by atoms with E-state index >= 15 is 0 Å². The van der Waals surface area contributed by atoms with Gasteiger partial charge in [-0.1, -0.05) is 12.1 Å². The molecule has 0 aliphatic heterocycles. The van der Waals surface area contributed by atoms with E-state index in [2.05, 4.69) is 4.72 Å². The fourth-order valence-corrected chi connectivity index (χ4v) is 4.12. The normalized spacial score (nSPS) is 11.9. The van der Waals surface area contributed by atoms with Crippen molar-refractivity contribution in [3.05, 3.63) is 53.6 Å². The number of ether oxygens (including phenoxy) is 1. The number of rotatable bonds is 9. The molecule has 2 aromatic rings. The first-order valence-corrected chi connectivity index (χ1v) is 12.6. The standard InChI is InChI=1S/C20H26N2O6S2/c1-15-9-10-18(30(26,27)21-2)14-19(15)20(23)22(3)11-6-12-28-16-7-5-8-17(13-16)29(4,24)25/h5,7-10,13-14,21H,6,11-12H2,1-4H3. The molecule has 0 saturated heterocycles. The molecule has 0 atom stereocenters. The number of nitrogens with one attached hydrogen (secondary N) is 1. The summed E-state index contributed by atoms with van der Waals surface area (Å²) in [5.41, 5.74) is 0.992. The van der Waals surface area contributed by atoms with Crippen LogP contribution < -0.4 is 9.46 Å². The van der Waals surface area contributed by atoms with E-state index < -0.39 is 19.9 Å². The largest absolute Gasteiger partial charge is 0.493 e. The summed E-state index contributed by atoms with van der Waals surface area (Å²) < 4.78 is 55.0. The van der Waals surface area contributed by atoms with Crippen LogP contribution in [0.15, 0.2) is 52.3 Å². The lowest BCUT2D eigenvalue weighted by atomic mass is 10.1. The van der Waals surface area contributed by atoms with Gasteiger partial charge in [0.25, 0.3) is 5.91 Å². The highest BCUT2D eigenvalue weighted by Gasteiger charge is 2.19. The van der Waals surface area contributed by atoms with Crippen LogP contribution in [0.25, 0.3) is 0 Å². The SMILES string of the molecule is CNS(=O)(=O)c1ccc(C)c(C(=O)N(C)CCCOc2cccc(S(C)(=O)=O)c2)c1. The van der Waals surface area contributed by atoms with Crippen LogP contribution >= 0.6 is 0 Å². The fourth-order valence-electron chi connectivity index (χ4n) is 2.71. The van der Waals surface area contributed by atoms with Crippen LogP contribution in [0.1, 0.15) is 22.3 Å². The topological polar surface area (TPSA) is 110 Å². The summed E-state index contributed by atoms with van der Waals surface area (Å²) in [7, 11) is -4.01. The minimum absolute atomic E-state index is 0.0291. The maximum atomic E-state index is 12.8. The van der Waals surface area contributed by atoms with E-state index in [9.17, 15) is 21.6 Å². The van der Waals surface area contributed by atoms with Gasteiger partial charge in [0.1, 0.15) is 5.75 Å². The van der Waals surface area contributed by atoms with E-state index in [0.717, 1.165) is 6.26 Å². The molecular weight excluding hydrogens is 428 g/mol. The maximum absolute atomic E-state index is 12.8. The van der Waals surface area contributed by atoms with Gasteiger partial charge in [0, 0.05) is 25.4 Å². The van der Waals surface area contributed by atoms with Crippen LogP contribution in [0.5, 0.6) is 5.75 Å². The summed E-state index contributed by atoms with van der Waals surface area (Å²) in [5, 5.41) is 0. The maximum Gasteiger partial charge on any atom is 0.253 e. The number of sulfone groups is 1. The number of carbonyl (C=O) groups excluding carboxylic acids is 1. The van der Waals surface area contributed by atoms with Crippen molar-refractivity contribution in [1.82, 2.24) is 9.62 Å². The van der Waals surface area contributed by atoms with Gasteiger partial charge in [-0.3, -0.25) is 4.79 Å². The molecule has 2 aromatic carbocycles. The molecule has 1 N–H and O–H groups in total. The van der Waals surface area contributed by atoms with Crippen molar-refractivity contribution >= 4 is 25.8 Å². The predicted octanol–water partition coefficient (Wildman–Crippen LogP) is 1.85. The Kier molecular flexibility index (Phi) is 7.62. The second-order valence-corrected chi connectivity index (χ2v) is 10.8. The molecule has 164 valence electrons. The van der Waals surface area contributed by atoms with Gasteiger partial charge in [0.2, 0.25) is 10.0 Å². The Morgan fingerprint density at radius 1 is 1.07 bits per heavy atom. The Morgan fingerprint density at radius 3 is 2.40 bits per heavy atom. The third-order valence-electron chi connectivity index (χ3n) is 4.51. The van der Waals surface area contributed by atoms with E-state index in [1.807, 2.05) is 0 Å². The molecule has 0 unspecified atom stereocenters. The quantitative estimate of drug-likeness (QED) is 0.579. The zero-order valence-electron chi connectivity index (χ0n) is 17.4. The molecular formula is C20H26N2O6S2. The summed E-state index contributed by atoms with van der Waals surface area (Å²) in [6.07, 6.45) is 1.64. The van der Waals surface area contributed by atoms with Gasteiger partial charge in [-0.15, -0.1) is 0 Å². The highest BCUT2D eigenvalue weighted by Crippen LogP contribution is 2.19. The minimum Gasteiger partial charge on any atom is -0.493 e. The Morgan fingerprint density at radius 2 is 1.77 bits per heavy atom. The number of aryl methyl sites for hydroxylation is 1. The van der Waals surface area contributed by atoms with E-state index in [-0.39, 0.29) is 22.3 Å². The molecule has 30 heavy (non-hydrogen) atoms. The third-order valence-corrected chi connectivity index (χ3v) is 7.03. The lowest BCUT2D eigenvalue weighted by Crippen LogP contribution is -2.29. The van der Waals surface area contributed by atoms with Crippen LogP contribution in [-0.2, 0) is 19.9 Å². The van der Waals surface area contributed by atoms with Gasteiger partial charge in [-0.2, -0.15) is 0 Å². The summed E-state index contributed by atoms with van der Waals surface area (Å²) in [6.45, 7) is 2.42. The second-order valence-electron chi connectivity index (χ2n) is 6.86. The van der Waals surface area contributed by atoms with Crippen molar-refractivity contribution in [2.45, 2.75) is 23.1 Å². The lowest BCUT2D eigenvalue weighted by molar-refractivity contribution is 0.0787. The molecule has 0 aliphatic rings. The zero-order chi connectivity index (χ0) is 22.5. The van der Waals surface area contributed by atoms with Crippen LogP contribution in [0.2, 0.25) is 0 Å². The van der Waals surface area contributed by atoms with Gasteiger partial charge in [-0.25, -0.2) is 21.6 Å². The van der Waals surface area contributed by atoms with Crippen molar-refractivity contribution in [3.63, 3.8) is 0 Å². The molecule has 8 nitrogen and oxygen atoms in total. The van der Waals surface area contributed by atoms with Gasteiger partial charge in [-0.05, 0) is 56.3 Å². The van der Waals surface area contributed by atoms with Crippen LogP contribution in [0, 0.1) is 6.92 Å². The van der Waals surface area contributed by atoms with E-state index in [1.165, 1.54) is 36.2 Å². The zero-order valence-corrected chi connectivity index (χ0v) is 19.0. The van der Waals surface area contributed by atoms with E-state index in [1.54, 1.807) is 32.2 Å². The van der Waals surface area contributed by atoms with Gasteiger partial charge < -0.3 is 9.64 Å². The number of hydrogen-bond acceptors (Lipinski definition) is 6. The molecule has 0 aromatic heterocycles. The third kappa shape index (κ3) is 6.04. The number of sulfonamides is 1. The number of amides is 1. The first-order chi connectivity index (χ1) is 14.0. The summed E-state index contributed by atoms with van der Waals surface area (Å²) in [6, 6.07) is 10.7. The summed E-state index contributed by atoms with van der Waals surface area (Å²) in [5.74, 6) is 0.146. The van der Waals surface area contributed by atoms with Crippen molar-refractivity contribution in [2.24, 2.45) is 0 Å². The van der Waals surface area contributed by atoms with E-state index in [4.69, 9.17) is 4.74 Å². The average Bonchev–Trinajstić information content (AvgIpc) is 2.70. The minimum atomic E-state index is -3.65. The molecule has 0 aliphatic carbocycles.